The Morgan fingerprint density at radius 2 is 1.35 bits per heavy atom. The molecule has 2 fully saturated rings. The van der Waals surface area contributed by atoms with Crippen molar-refractivity contribution >= 4 is 0 Å². The molecular formula is C12H22O5. The maximum atomic E-state index is 5.72. The molecule has 0 saturated carbocycles. The lowest BCUT2D eigenvalue weighted by Crippen LogP contribution is -2.26. The van der Waals surface area contributed by atoms with Crippen LogP contribution in [-0.2, 0) is 23.7 Å². The van der Waals surface area contributed by atoms with Gasteiger partial charge in [0.15, 0.2) is 0 Å². The summed E-state index contributed by atoms with van der Waals surface area (Å²) in [5.41, 5.74) is 0. The summed E-state index contributed by atoms with van der Waals surface area (Å²) in [5.74, 6) is 0. The lowest BCUT2D eigenvalue weighted by atomic mass is 10.4. The summed E-state index contributed by atoms with van der Waals surface area (Å²) in [7, 11) is 0. The Morgan fingerprint density at radius 3 is 1.71 bits per heavy atom. The maximum absolute atomic E-state index is 5.72. The van der Waals surface area contributed by atoms with E-state index in [4.69, 9.17) is 23.7 Å². The van der Waals surface area contributed by atoms with Gasteiger partial charge in [0.05, 0.1) is 51.8 Å². The van der Waals surface area contributed by atoms with E-state index in [-0.39, 0.29) is 12.2 Å². The Hall–Kier alpha value is -0.200. The average molecular weight is 246 g/mol. The second-order valence-electron chi connectivity index (χ2n) is 4.74. The van der Waals surface area contributed by atoms with Gasteiger partial charge in [0.25, 0.3) is 0 Å². The van der Waals surface area contributed by atoms with Gasteiger partial charge in [0, 0.05) is 0 Å². The molecule has 0 amide bonds. The van der Waals surface area contributed by atoms with Gasteiger partial charge in [-0.05, 0) is 13.8 Å². The molecule has 100 valence electrons. The normalized spacial score (nSPS) is 30.0. The molecule has 2 aliphatic heterocycles. The largest absolute Gasteiger partial charge is 0.376 e. The molecule has 0 radical (unpaired) electrons. The van der Waals surface area contributed by atoms with Gasteiger partial charge in [0.1, 0.15) is 12.2 Å². The Kier molecular flexibility index (Phi) is 5.18. The molecule has 5 nitrogen and oxygen atoms in total. The molecule has 2 heterocycles. The van der Waals surface area contributed by atoms with E-state index < -0.39 is 0 Å². The first kappa shape index (κ1) is 13.2. The topological polar surface area (TPSA) is 52.8 Å². The summed E-state index contributed by atoms with van der Waals surface area (Å²) in [6.07, 6.45) is 0.817. The van der Waals surface area contributed by atoms with Gasteiger partial charge in [-0.2, -0.15) is 0 Å². The van der Waals surface area contributed by atoms with Gasteiger partial charge in [-0.3, -0.25) is 0 Å². The van der Waals surface area contributed by atoms with Gasteiger partial charge in [-0.15, -0.1) is 0 Å². The van der Waals surface area contributed by atoms with Crippen LogP contribution in [0.4, 0.5) is 0 Å². The molecule has 0 aliphatic carbocycles. The smallest absolute Gasteiger partial charge is 0.104 e. The molecular weight excluding hydrogens is 224 g/mol. The molecule has 0 spiro atoms. The molecule has 0 aromatic heterocycles. The van der Waals surface area contributed by atoms with Crippen LogP contribution in [0, 0.1) is 0 Å². The van der Waals surface area contributed by atoms with Crippen LogP contribution in [0.25, 0.3) is 0 Å². The van der Waals surface area contributed by atoms with E-state index in [0.29, 0.717) is 38.6 Å². The Morgan fingerprint density at radius 1 is 0.941 bits per heavy atom. The van der Waals surface area contributed by atoms with E-state index in [1.54, 1.807) is 0 Å². The molecule has 0 aromatic carbocycles. The lowest BCUT2D eigenvalue weighted by Gasteiger charge is -2.19. The summed E-state index contributed by atoms with van der Waals surface area (Å²) >= 11 is 0. The SMILES string of the molecule is CC(COCC1CO1)OC(C)COCC1CO1. The molecule has 0 bridgehead atoms. The monoisotopic (exact) mass is 246 g/mol. The highest BCUT2D eigenvalue weighted by Gasteiger charge is 2.23. The van der Waals surface area contributed by atoms with Crippen LogP contribution in [0.1, 0.15) is 13.8 Å². The third-order valence-electron chi connectivity index (χ3n) is 2.58. The van der Waals surface area contributed by atoms with E-state index in [1.165, 1.54) is 0 Å². The average Bonchev–Trinajstić information content (AvgIpc) is 3.12. The zero-order valence-corrected chi connectivity index (χ0v) is 10.6. The van der Waals surface area contributed by atoms with Gasteiger partial charge in [-0.1, -0.05) is 0 Å². The van der Waals surface area contributed by atoms with Crippen molar-refractivity contribution in [3.63, 3.8) is 0 Å². The summed E-state index contributed by atoms with van der Waals surface area (Å²) in [5, 5.41) is 0. The fraction of sp³-hybridized carbons (Fsp3) is 1.00. The molecule has 4 unspecified atom stereocenters. The van der Waals surface area contributed by atoms with Crippen LogP contribution < -0.4 is 0 Å². The van der Waals surface area contributed by atoms with Crippen molar-refractivity contribution in [2.75, 3.05) is 39.6 Å². The number of rotatable bonds is 10. The first-order valence-corrected chi connectivity index (χ1v) is 6.28. The Bertz CT molecular complexity index is 193. The number of hydrogen-bond donors (Lipinski definition) is 0. The number of ether oxygens (including phenoxy) is 5. The van der Waals surface area contributed by atoms with Gasteiger partial charge < -0.3 is 23.7 Å². The van der Waals surface area contributed by atoms with E-state index >= 15 is 0 Å². The second kappa shape index (κ2) is 6.66. The molecule has 5 heteroatoms. The highest BCUT2D eigenvalue weighted by atomic mass is 16.6. The van der Waals surface area contributed by atoms with Crippen LogP contribution in [0.3, 0.4) is 0 Å². The van der Waals surface area contributed by atoms with Gasteiger partial charge >= 0.3 is 0 Å². The molecule has 2 saturated heterocycles. The van der Waals surface area contributed by atoms with Gasteiger partial charge in [0.2, 0.25) is 0 Å². The molecule has 2 aliphatic rings. The molecule has 0 N–H and O–H groups in total. The quantitative estimate of drug-likeness (QED) is 0.529. The van der Waals surface area contributed by atoms with Crippen molar-refractivity contribution in [2.45, 2.75) is 38.3 Å². The lowest BCUT2D eigenvalue weighted by molar-refractivity contribution is -0.0727. The standard InChI is InChI=1S/C12H22O5/c1-9(3-13-5-11-7-15-11)17-10(2)4-14-6-12-8-16-12/h9-12H,3-8H2,1-2H3. The van der Waals surface area contributed by atoms with Crippen LogP contribution in [0.2, 0.25) is 0 Å². The number of hydrogen-bond acceptors (Lipinski definition) is 5. The zero-order valence-electron chi connectivity index (χ0n) is 10.6. The summed E-state index contributed by atoms with van der Waals surface area (Å²) in [4.78, 5) is 0. The Balaban J connectivity index is 1.42. The van der Waals surface area contributed by atoms with Crippen molar-refractivity contribution < 1.29 is 23.7 Å². The van der Waals surface area contributed by atoms with Crippen LogP contribution in [0.5, 0.6) is 0 Å². The van der Waals surface area contributed by atoms with E-state index in [9.17, 15) is 0 Å². The highest BCUT2D eigenvalue weighted by Crippen LogP contribution is 2.10. The second-order valence-corrected chi connectivity index (χ2v) is 4.74. The third kappa shape index (κ3) is 6.33. The molecule has 0 aromatic rings. The first-order valence-electron chi connectivity index (χ1n) is 6.28. The molecule has 17 heavy (non-hydrogen) atoms. The van der Waals surface area contributed by atoms with E-state index in [1.807, 2.05) is 13.8 Å². The fourth-order valence-electron chi connectivity index (χ4n) is 1.53. The highest BCUT2D eigenvalue weighted by molar-refractivity contribution is 4.68. The first-order chi connectivity index (χ1) is 8.24. The van der Waals surface area contributed by atoms with Crippen LogP contribution in [-0.4, -0.2) is 64.1 Å². The zero-order chi connectivity index (χ0) is 12.1. The minimum absolute atomic E-state index is 0.0875. The van der Waals surface area contributed by atoms with Crippen molar-refractivity contribution in [3.8, 4) is 0 Å². The van der Waals surface area contributed by atoms with Crippen molar-refractivity contribution in [3.05, 3.63) is 0 Å². The van der Waals surface area contributed by atoms with Gasteiger partial charge in [-0.25, -0.2) is 0 Å². The summed E-state index contributed by atoms with van der Waals surface area (Å²) in [6, 6.07) is 0. The maximum Gasteiger partial charge on any atom is 0.104 e. The van der Waals surface area contributed by atoms with E-state index in [2.05, 4.69) is 0 Å². The predicted octanol–water partition coefficient (Wildman–Crippen LogP) is 0.611. The molecule has 2 rings (SSSR count). The minimum atomic E-state index is 0.0875. The third-order valence-corrected chi connectivity index (χ3v) is 2.58. The number of epoxide rings is 2. The Labute approximate surface area is 102 Å². The van der Waals surface area contributed by atoms with Crippen molar-refractivity contribution in [1.82, 2.24) is 0 Å². The summed E-state index contributed by atoms with van der Waals surface area (Å²) in [6.45, 7) is 8.26. The minimum Gasteiger partial charge on any atom is -0.376 e. The fourth-order valence-corrected chi connectivity index (χ4v) is 1.53. The van der Waals surface area contributed by atoms with Crippen molar-refractivity contribution in [1.29, 1.82) is 0 Å². The molecule has 4 atom stereocenters. The van der Waals surface area contributed by atoms with Crippen LogP contribution in [0.15, 0.2) is 0 Å². The van der Waals surface area contributed by atoms with Crippen molar-refractivity contribution in [2.24, 2.45) is 0 Å². The summed E-state index contributed by atoms with van der Waals surface area (Å²) < 4.78 is 26.8. The predicted molar refractivity (Wildman–Crippen MR) is 61.1 cm³/mol. The van der Waals surface area contributed by atoms with Crippen LogP contribution >= 0.6 is 0 Å². The van der Waals surface area contributed by atoms with E-state index in [0.717, 1.165) is 13.2 Å².